The molecule has 0 fully saturated rings. The fraction of sp³-hybridized carbons (Fsp3) is 0.500. The first-order valence-corrected chi connectivity index (χ1v) is 7.95. The molecule has 22 heavy (non-hydrogen) atoms. The summed E-state index contributed by atoms with van der Waals surface area (Å²) in [7, 11) is 0. The Morgan fingerprint density at radius 1 is 1.36 bits per heavy atom. The lowest BCUT2D eigenvalue weighted by atomic mass is 9.98. The SMILES string of the molecule is Cc1ccc(C(C)(O)CNC(=O)c2cnc(C(C)(C)C)s2)o1. The van der Waals surface area contributed by atoms with Crippen molar-refractivity contribution in [2.24, 2.45) is 0 Å². The van der Waals surface area contributed by atoms with Gasteiger partial charge in [0, 0.05) is 5.41 Å². The van der Waals surface area contributed by atoms with Crippen molar-refractivity contribution in [3.63, 3.8) is 0 Å². The van der Waals surface area contributed by atoms with Gasteiger partial charge in [0.05, 0.1) is 17.7 Å². The summed E-state index contributed by atoms with van der Waals surface area (Å²) < 4.78 is 5.42. The first-order valence-electron chi connectivity index (χ1n) is 7.13. The summed E-state index contributed by atoms with van der Waals surface area (Å²) in [5.74, 6) is 0.917. The van der Waals surface area contributed by atoms with Crippen LogP contribution in [-0.2, 0) is 11.0 Å². The Balaban J connectivity index is 2.02. The molecule has 2 heterocycles. The van der Waals surface area contributed by atoms with Crippen LogP contribution in [0.1, 0.15) is 53.9 Å². The highest BCUT2D eigenvalue weighted by Gasteiger charge is 2.28. The van der Waals surface area contributed by atoms with E-state index in [1.54, 1.807) is 25.3 Å². The quantitative estimate of drug-likeness (QED) is 0.907. The smallest absolute Gasteiger partial charge is 0.263 e. The van der Waals surface area contributed by atoms with Crippen LogP contribution in [0, 0.1) is 6.92 Å². The van der Waals surface area contributed by atoms with Gasteiger partial charge in [0.15, 0.2) is 0 Å². The topological polar surface area (TPSA) is 75.4 Å². The zero-order chi connectivity index (χ0) is 16.5. The maximum absolute atomic E-state index is 12.2. The molecule has 6 heteroatoms. The van der Waals surface area contributed by atoms with Crippen molar-refractivity contribution in [3.05, 3.63) is 39.7 Å². The highest BCUT2D eigenvalue weighted by atomic mass is 32.1. The van der Waals surface area contributed by atoms with Crippen LogP contribution in [0.25, 0.3) is 0 Å². The lowest BCUT2D eigenvalue weighted by molar-refractivity contribution is 0.0324. The third kappa shape index (κ3) is 3.75. The van der Waals surface area contributed by atoms with Crippen molar-refractivity contribution in [3.8, 4) is 0 Å². The van der Waals surface area contributed by atoms with E-state index in [0.29, 0.717) is 10.6 Å². The van der Waals surface area contributed by atoms with Crippen molar-refractivity contribution in [1.82, 2.24) is 10.3 Å². The van der Waals surface area contributed by atoms with E-state index in [0.717, 1.165) is 10.8 Å². The number of aliphatic hydroxyl groups is 1. The summed E-state index contributed by atoms with van der Waals surface area (Å²) in [5.41, 5.74) is -1.33. The molecule has 2 N–H and O–H groups in total. The molecule has 0 aliphatic heterocycles. The minimum Gasteiger partial charge on any atom is -0.463 e. The van der Waals surface area contributed by atoms with E-state index in [4.69, 9.17) is 4.42 Å². The monoisotopic (exact) mass is 322 g/mol. The number of aromatic nitrogens is 1. The van der Waals surface area contributed by atoms with E-state index in [-0.39, 0.29) is 17.9 Å². The molecule has 1 atom stereocenters. The average Bonchev–Trinajstić information content (AvgIpc) is 3.04. The molecule has 0 bridgehead atoms. The fourth-order valence-corrected chi connectivity index (χ4v) is 2.77. The van der Waals surface area contributed by atoms with E-state index in [9.17, 15) is 9.90 Å². The van der Waals surface area contributed by atoms with Gasteiger partial charge in [-0.05, 0) is 26.0 Å². The highest BCUT2D eigenvalue weighted by Crippen LogP contribution is 2.27. The Morgan fingerprint density at radius 2 is 2.05 bits per heavy atom. The second kappa shape index (κ2) is 5.85. The van der Waals surface area contributed by atoms with Crippen molar-refractivity contribution in [1.29, 1.82) is 0 Å². The first-order chi connectivity index (χ1) is 10.1. The molecule has 0 saturated heterocycles. The van der Waals surface area contributed by atoms with Crippen LogP contribution in [-0.4, -0.2) is 22.5 Å². The van der Waals surface area contributed by atoms with Crippen molar-refractivity contribution in [2.45, 2.75) is 45.6 Å². The van der Waals surface area contributed by atoms with Crippen LogP contribution in [0.15, 0.2) is 22.7 Å². The van der Waals surface area contributed by atoms with Gasteiger partial charge in [-0.3, -0.25) is 4.79 Å². The summed E-state index contributed by atoms with van der Waals surface area (Å²) in [6.45, 7) is 9.65. The molecule has 0 aliphatic carbocycles. The lowest BCUT2D eigenvalue weighted by Gasteiger charge is -2.21. The predicted octanol–water partition coefficient (Wildman–Crippen LogP) is 2.98. The Hall–Kier alpha value is -1.66. The minimum absolute atomic E-state index is 0.0710. The molecule has 1 amide bonds. The largest absolute Gasteiger partial charge is 0.463 e. The summed E-state index contributed by atoms with van der Waals surface area (Å²) in [4.78, 5) is 17.0. The van der Waals surface area contributed by atoms with Crippen molar-refractivity contribution >= 4 is 17.2 Å². The van der Waals surface area contributed by atoms with Gasteiger partial charge >= 0.3 is 0 Å². The second-order valence-corrected chi connectivity index (χ2v) is 7.68. The van der Waals surface area contributed by atoms with Gasteiger partial charge in [0.25, 0.3) is 5.91 Å². The van der Waals surface area contributed by atoms with Crippen LogP contribution in [0.5, 0.6) is 0 Å². The van der Waals surface area contributed by atoms with Crippen LogP contribution in [0.2, 0.25) is 0 Å². The third-order valence-corrected chi connectivity index (χ3v) is 4.66. The number of furan rings is 1. The summed E-state index contributed by atoms with van der Waals surface area (Å²) in [6, 6.07) is 3.50. The van der Waals surface area contributed by atoms with Gasteiger partial charge in [0.2, 0.25) is 0 Å². The molecule has 5 nitrogen and oxygen atoms in total. The van der Waals surface area contributed by atoms with E-state index >= 15 is 0 Å². The molecular weight excluding hydrogens is 300 g/mol. The van der Waals surface area contributed by atoms with E-state index in [2.05, 4.69) is 31.1 Å². The Kier molecular flexibility index (Phi) is 4.44. The standard InChI is InChI=1S/C16H22N2O3S/c1-10-6-7-12(21-10)16(5,20)9-18-13(19)11-8-17-14(22-11)15(2,3)4/h6-8,20H,9H2,1-5H3,(H,18,19). The minimum atomic E-state index is -1.25. The van der Waals surface area contributed by atoms with Gasteiger partial charge in [0.1, 0.15) is 22.0 Å². The number of hydrogen-bond donors (Lipinski definition) is 2. The zero-order valence-electron chi connectivity index (χ0n) is 13.6. The average molecular weight is 322 g/mol. The summed E-state index contributed by atoms with van der Waals surface area (Å²) in [5, 5.41) is 14.1. The first kappa shape index (κ1) is 16.7. The molecule has 0 aliphatic rings. The van der Waals surface area contributed by atoms with E-state index < -0.39 is 5.60 Å². The molecule has 2 rings (SSSR count). The Morgan fingerprint density at radius 3 is 2.55 bits per heavy atom. The number of carbonyl (C=O) groups excluding carboxylic acids is 1. The second-order valence-electron chi connectivity index (χ2n) is 6.65. The molecular formula is C16H22N2O3S. The Bertz CT molecular complexity index is 665. The predicted molar refractivity (Wildman–Crippen MR) is 86.2 cm³/mol. The molecule has 0 radical (unpaired) electrons. The number of thiazole rings is 1. The fourth-order valence-electron chi connectivity index (χ4n) is 1.88. The van der Waals surface area contributed by atoms with Crippen LogP contribution < -0.4 is 5.32 Å². The molecule has 120 valence electrons. The van der Waals surface area contributed by atoms with Crippen LogP contribution in [0.4, 0.5) is 0 Å². The maximum Gasteiger partial charge on any atom is 0.263 e. The van der Waals surface area contributed by atoms with E-state index in [1.165, 1.54) is 11.3 Å². The number of hydrogen-bond acceptors (Lipinski definition) is 5. The lowest BCUT2D eigenvalue weighted by Crippen LogP contribution is -2.38. The van der Waals surface area contributed by atoms with Crippen molar-refractivity contribution < 1.29 is 14.3 Å². The summed E-state index contributed by atoms with van der Waals surface area (Å²) >= 11 is 1.37. The number of carbonyl (C=O) groups is 1. The summed E-state index contributed by atoms with van der Waals surface area (Å²) in [6.07, 6.45) is 1.58. The van der Waals surface area contributed by atoms with Gasteiger partial charge in [-0.25, -0.2) is 4.98 Å². The number of nitrogens with zero attached hydrogens (tertiary/aromatic N) is 1. The molecule has 2 aromatic heterocycles. The molecule has 0 spiro atoms. The number of rotatable bonds is 4. The third-order valence-electron chi connectivity index (χ3n) is 3.24. The zero-order valence-corrected chi connectivity index (χ0v) is 14.4. The van der Waals surface area contributed by atoms with Gasteiger partial charge in [-0.1, -0.05) is 20.8 Å². The number of aryl methyl sites for hydroxylation is 1. The van der Waals surface area contributed by atoms with Gasteiger partial charge in [-0.2, -0.15) is 0 Å². The highest BCUT2D eigenvalue weighted by molar-refractivity contribution is 7.13. The van der Waals surface area contributed by atoms with Crippen LogP contribution >= 0.6 is 11.3 Å². The van der Waals surface area contributed by atoms with Gasteiger partial charge in [-0.15, -0.1) is 11.3 Å². The number of nitrogens with one attached hydrogen (secondary N) is 1. The number of amides is 1. The molecule has 1 unspecified atom stereocenters. The normalized spacial score (nSPS) is 14.6. The molecule has 0 aromatic carbocycles. The Labute approximate surface area is 134 Å². The van der Waals surface area contributed by atoms with Crippen LogP contribution in [0.3, 0.4) is 0 Å². The van der Waals surface area contributed by atoms with Gasteiger partial charge < -0.3 is 14.8 Å². The van der Waals surface area contributed by atoms with E-state index in [1.807, 2.05) is 6.92 Å². The maximum atomic E-state index is 12.2. The molecule has 0 saturated carbocycles. The van der Waals surface area contributed by atoms with Crippen molar-refractivity contribution in [2.75, 3.05) is 6.54 Å². The molecule has 2 aromatic rings.